The summed E-state index contributed by atoms with van der Waals surface area (Å²) in [4.78, 5) is 32.6. The summed E-state index contributed by atoms with van der Waals surface area (Å²) in [5, 5.41) is 6.70. The molecule has 9 heteroatoms. The van der Waals surface area contributed by atoms with Crippen molar-refractivity contribution in [3.8, 4) is 23.0 Å². The average Bonchev–Trinajstić information content (AvgIpc) is 3.17. The second-order valence-electron chi connectivity index (χ2n) is 6.81. The minimum Gasteiger partial charge on any atom is -0.493 e. The van der Waals surface area contributed by atoms with Crippen molar-refractivity contribution in [1.82, 2.24) is 20.4 Å². The fourth-order valence-corrected chi connectivity index (χ4v) is 2.95. The molecule has 0 fully saturated rings. The number of benzene rings is 1. The number of nitrogens with one attached hydrogen (secondary N) is 1. The van der Waals surface area contributed by atoms with Gasteiger partial charge in [0.15, 0.2) is 17.3 Å². The van der Waals surface area contributed by atoms with Crippen LogP contribution in [0.2, 0.25) is 0 Å². The number of pyridine rings is 1. The zero-order chi connectivity index (χ0) is 21.8. The third-order valence-electron chi connectivity index (χ3n) is 4.19. The highest BCUT2D eigenvalue weighted by Gasteiger charge is 2.24. The number of ether oxygens (including phenoxy) is 2. The summed E-state index contributed by atoms with van der Waals surface area (Å²) in [6.07, 6.45) is 1.39. The highest BCUT2D eigenvalue weighted by Crippen LogP contribution is 2.30. The molecule has 3 rings (SSSR count). The molecule has 2 aromatic heterocycles. The van der Waals surface area contributed by atoms with E-state index in [0.29, 0.717) is 11.7 Å². The van der Waals surface area contributed by atoms with Gasteiger partial charge in [-0.25, -0.2) is 4.98 Å². The molecule has 1 aromatic carbocycles. The van der Waals surface area contributed by atoms with Gasteiger partial charge in [-0.05, 0) is 32.9 Å². The van der Waals surface area contributed by atoms with Crippen LogP contribution in [0.25, 0.3) is 11.5 Å². The van der Waals surface area contributed by atoms with Crippen LogP contribution in [0.1, 0.15) is 47.3 Å². The Morgan fingerprint density at radius 3 is 2.50 bits per heavy atom. The highest BCUT2D eigenvalue weighted by atomic mass is 16.6. The lowest BCUT2D eigenvalue weighted by atomic mass is 10.1. The lowest BCUT2D eigenvalue weighted by molar-refractivity contribution is -0.132. The molecule has 0 saturated carbocycles. The quantitative estimate of drug-likeness (QED) is 0.616. The number of hydrogen-bond acceptors (Lipinski definition) is 8. The first-order valence-electron chi connectivity index (χ1n) is 9.23. The van der Waals surface area contributed by atoms with Crippen molar-refractivity contribution in [2.24, 2.45) is 0 Å². The maximum atomic E-state index is 12.8. The zero-order valence-electron chi connectivity index (χ0n) is 17.3. The Labute approximate surface area is 173 Å². The summed E-state index contributed by atoms with van der Waals surface area (Å²) in [7, 11) is 1.40. The van der Waals surface area contributed by atoms with Gasteiger partial charge in [-0.15, -0.1) is 0 Å². The third kappa shape index (κ3) is 4.62. The van der Waals surface area contributed by atoms with E-state index in [1.807, 2.05) is 32.0 Å². The molecule has 3 aromatic rings. The smallest absolute Gasteiger partial charge is 0.308 e. The lowest BCUT2D eigenvalue weighted by Crippen LogP contribution is -2.29. The van der Waals surface area contributed by atoms with Crippen molar-refractivity contribution in [2.45, 2.75) is 33.7 Å². The first-order valence-corrected chi connectivity index (χ1v) is 9.23. The summed E-state index contributed by atoms with van der Waals surface area (Å²) in [6.45, 7) is 6.90. The van der Waals surface area contributed by atoms with Gasteiger partial charge in [-0.1, -0.05) is 22.3 Å². The predicted octanol–water partition coefficient (Wildman–Crippen LogP) is 3.17. The lowest BCUT2D eigenvalue weighted by Gasteiger charge is -2.14. The van der Waals surface area contributed by atoms with E-state index in [0.717, 1.165) is 16.7 Å². The molecular formula is C21H22N4O5. The maximum absolute atomic E-state index is 12.8. The predicted molar refractivity (Wildman–Crippen MR) is 107 cm³/mol. The molecule has 1 amide bonds. The van der Waals surface area contributed by atoms with Gasteiger partial charge in [0.2, 0.25) is 5.75 Å². The molecule has 1 N–H and O–H groups in total. The molecule has 9 nitrogen and oxygen atoms in total. The topological polar surface area (TPSA) is 116 Å². The van der Waals surface area contributed by atoms with Crippen LogP contribution in [0.15, 0.2) is 35.0 Å². The van der Waals surface area contributed by atoms with E-state index in [4.69, 9.17) is 14.0 Å². The third-order valence-corrected chi connectivity index (χ3v) is 4.19. The average molecular weight is 410 g/mol. The largest absolute Gasteiger partial charge is 0.493 e. The van der Waals surface area contributed by atoms with Crippen molar-refractivity contribution < 1.29 is 23.6 Å². The van der Waals surface area contributed by atoms with Crippen LogP contribution in [0.3, 0.4) is 0 Å². The maximum Gasteiger partial charge on any atom is 0.308 e. The second-order valence-corrected chi connectivity index (χ2v) is 6.81. The Morgan fingerprint density at radius 2 is 1.87 bits per heavy atom. The molecule has 2 heterocycles. The van der Waals surface area contributed by atoms with E-state index in [2.05, 4.69) is 20.4 Å². The Balaban J connectivity index is 1.82. The molecule has 0 saturated heterocycles. The first-order chi connectivity index (χ1) is 14.3. The van der Waals surface area contributed by atoms with Gasteiger partial charge in [-0.3, -0.25) is 9.59 Å². The molecule has 0 spiro atoms. The Kier molecular flexibility index (Phi) is 6.10. The molecule has 0 radical (unpaired) electrons. The monoisotopic (exact) mass is 410 g/mol. The van der Waals surface area contributed by atoms with Crippen molar-refractivity contribution in [2.75, 3.05) is 7.11 Å². The summed E-state index contributed by atoms with van der Waals surface area (Å²) in [5.74, 6) is -0.349. The second kappa shape index (κ2) is 8.73. The highest BCUT2D eigenvalue weighted by molar-refractivity contribution is 5.96. The Hall–Kier alpha value is -3.75. The molecule has 156 valence electrons. The van der Waals surface area contributed by atoms with Gasteiger partial charge >= 0.3 is 5.97 Å². The zero-order valence-corrected chi connectivity index (χ0v) is 17.3. The van der Waals surface area contributed by atoms with Crippen LogP contribution in [0.4, 0.5) is 0 Å². The molecule has 30 heavy (non-hydrogen) atoms. The fourth-order valence-electron chi connectivity index (χ4n) is 2.95. The normalized spacial score (nSPS) is 11.6. The van der Waals surface area contributed by atoms with E-state index in [1.165, 1.54) is 26.3 Å². The summed E-state index contributed by atoms with van der Waals surface area (Å²) in [5.41, 5.74) is 2.87. The number of aromatic nitrogens is 3. The van der Waals surface area contributed by atoms with Crippen molar-refractivity contribution in [3.63, 3.8) is 0 Å². The summed E-state index contributed by atoms with van der Waals surface area (Å²) in [6, 6.07) is 6.84. The number of carbonyl (C=O) groups is 2. The molecule has 0 aliphatic heterocycles. The van der Waals surface area contributed by atoms with Gasteiger partial charge < -0.3 is 19.3 Å². The molecule has 0 unspecified atom stereocenters. The number of hydrogen-bond donors (Lipinski definition) is 1. The van der Waals surface area contributed by atoms with Crippen LogP contribution in [0.5, 0.6) is 11.5 Å². The number of esters is 1. The van der Waals surface area contributed by atoms with Crippen molar-refractivity contribution >= 4 is 11.9 Å². The van der Waals surface area contributed by atoms with Gasteiger partial charge in [-0.2, -0.15) is 4.98 Å². The van der Waals surface area contributed by atoms with Crippen molar-refractivity contribution in [3.05, 3.63) is 53.1 Å². The molecule has 0 bridgehead atoms. The Morgan fingerprint density at radius 1 is 1.17 bits per heavy atom. The van der Waals surface area contributed by atoms with E-state index >= 15 is 0 Å². The van der Waals surface area contributed by atoms with Crippen LogP contribution in [0, 0.1) is 13.8 Å². The minimum absolute atomic E-state index is 0.0544. The number of methoxy groups -OCH3 is 1. The summed E-state index contributed by atoms with van der Waals surface area (Å²) >= 11 is 0. The van der Waals surface area contributed by atoms with Crippen LogP contribution < -0.4 is 14.8 Å². The van der Waals surface area contributed by atoms with E-state index in [9.17, 15) is 9.59 Å². The minimum atomic E-state index is -0.598. The van der Waals surface area contributed by atoms with Crippen LogP contribution in [-0.4, -0.2) is 34.1 Å². The standard InChI is InChI=1S/C21H22N4O5/c1-11-8-12(2)10-15(9-11)21-24-19(25-30-21)13(3)23-20(27)17-18(29-14(4)26)16(28-5)6-7-22-17/h6-10,13H,1-5H3,(H,23,27)/t13-/m0/s1. The van der Waals surface area contributed by atoms with E-state index in [1.54, 1.807) is 6.92 Å². The molecule has 0 aliphatic rings. The number of rotatable bonds is 6. The first kappa shape index (κ1) is 21.0. The number of carbonyl (C=O) groups excluding carboxylic acids is 2. The number of amides is 1. The van der Waals surface area contributed by atoms with E-state index in [-0.39, 0.29) is 17.2 Å². The van der Waals surface area contributed by atoms with Gasteiger partial charge in [0.05, 0.1) is 13.2 Å². The SMILES string of the molecule is COc1ccnc(C(=O)N[C@@H](C)c2noc(-c3cc(C)cc(C)c3)n2)c1OC(C)=O. The van der Waals surface area contributed by atoms with Gasteiger partial charge in [0.1, 0.15) is 0 Å². The van der Waals surface area contributed by atoms with Gasteiger partial charge in [0.25, 0.3) is 11.8 Å². The van der Waals surface area contributed by atoms with Crippen LogP contribution >= 0.6 is 0 Å². The Bertz CT molecular complexity index is 1070. The van der Waals surface area contributed by atoms with Crippen molar-refractivity contribution in [1.29, 1.82) is 0 Å². The summed E-state index contributed by atoms with van der Waals surface area (Å²) < 4.78 is 15.6. The number of nitrogens with zero attached hydrogens (tertiary/aromatic N) is 3. The number of aryl methyl sites for hydroxylation is 2. The molecular weight excluding hydrogens is 388 g/mol. The molecule has 1 atom stereocenters. The van der Waals surface area contributed by atoms with Gasteiger partial charge in [0, 0.05) is 24.8 Å². The fraction of sp³-hybridized carbons (Fsp3) is 0.286. The van der Waals surface area contributed by atoms with Crippen LogP contribution in [-0.2, 0) is 4.79 Å². The van der Waals surface area contributed by atoms with E-state index < -0.39 is 17.9 Å². The molecule has 0 aliphatic carbocycles.